The molecule has 0 aromatic heterocycles. The van der Waals surface area contributed by atoms with Crippen LogP contribution in [0.3, 0.4) is 0 Å². The average Bonchev–Trinajstić information content (AvgIpc) is 2.66. The number of sulfonamides is 1. The second kappa shape index (κ2) is 10.6. The number of aryl methyl sites for hydroxylation is 1. The maximum atomic E-state index is 13.6. The molecule has 0 heterocycles. The minimum absolute atomic E-state index is 0.0726. The molecular formula is C22H28F2N2O4S. The van der Waals surface area contributed by atoms with Crippen molar-refractivity contribution in [2.45, 2.75) is 45.8 Å². The Balaban J connectivity index is 1.98. The van der Waals surface area contributed by atoms with Crippen molar-refractivity contribution in [2.75, 3.05) is 17.1 Å². The molecule has 31 heavy (non-hydrogen) atoms. The van der Waals surface area contributed by atoms with Crippen LogP contribution < -0.4 is 14.4 Å². The molecule has 0 radical (unpaired) electrons. The number of ether oxygens (including phenoxy) is 1. The Hall–Kier alpha value is -2.68. The fourth-order valence-corrected chi connectivity index (χ4v) is 4.30. The van der Waals surface area contributed by atoms with E-state index in [2.05, 4.69) is 5.32 Å². The number of hydrogen-bond acceptors (Lipinski definition) is 4. The summed E-state index contributed by atoms with van der Waals surface area (Å²) in [5.74, 6) is -2.05. The van der Waals surface area contributed by atoms with E-state index in [0.29, 0.717) is 19.4 Å². The summed E-state index contributed by atoms with van der Waals surface area (Å²) in [5.41, 5.74) is 0.936. The highest BCUT2D eigenvalue weighted by Crippen LogP contribution is 2.23. The number of halogens is 2. The summed E-state index contributed by atoms with van der Waals surface area (Å²) in [5, 5.41) is 2.70. The minimum atomic E-state index is -3.91. The number of benzene rings is 2. The first-order valence-electron chi connectivity index (χ1n) is 9.97. The Labute approximate surface area is 182 Å². The molecule has 0 unspecified atom stereocenters. The third-order valence-electron chi connectivity index (χ3n) is 4.46. The lowest BCUT2D eigenvalue weighted by atomic mass is 10.1. The summed E-state index contributed by atoms with van der Waals surface area (Å²) in [6.07, 6.45) is 2.31. The van der Waals surface area contributed by atoms with Crippen molar-refractivity contribution < 1.29 is 26.7 Å². The SMILES string of the molecule is CC(C)Oc1cccc(CCCNC(=O)[C@@H](C)N(c2ccc(F)c(F)c2)S(C)(=O)=O)c1. The molecule has 0 saturated heterocycles. The molecule has 0 bridgehead atoms. The summed E-state index contributed by atoms with van der Waals surface area (Å²) in [6.45, 7) is 5.62. The predicted molar refractivity (Wildman–Crippen MR) is 117 cm³/mol. The standard InChI is InChI=1S/C22H28F2N2O4S/c1-15(2)30-19-9-5-7-17(13-19)8-6-12-25-22(27)16(3)26(31(4,28)29)18-10-11-20(23)21(24)14-18/h5,7,9-11,13-16H,6,8,12H2,1-4H3,(H,25,27)/t16-/m1/s1. The van der Waals surface area contributed by atoms with Gasteiger partial charge in [0.2, 0.25) is 15.9 Å². The molecule has 6 nitrogen and oxygen atoms in total. The van der Waals surface area contributed by atoms with Crippen molar-refractivity contribution in [3.63, 3.8) is 0 Å². The van der Waals surface area contributed by atoms with Gasteiger partial charge in [-0.3, -0.25) is 9.10 Å². The van der Waals surface area contributed by atoms with E-state index >= 15 is 0 Å². The maximum absolute atomic E-state index is 13.6. The van der Waals surface area contributed by atoms with Crippen LogP contribution in [0.1, 0.15) is 32.8 Å². The van der Waals surface area contributed by atoms with Crippen molar-refractivity contribution in [1.29, 1.82) is 0 Å². The third kappa shape index (κ3) is 7.20. The Bertz CT molecular complexity index is 1010. The summed E-state index contributed by atoms with van der Waals surface area (Å²) < 4.78 is 57.7. The van der Waals surface area contributed by atoms with Gasteiger partial charge in [0, 0.05) is 12.6 Å². The average molecular weight is 455 g/mol. The molecule has 1 amide bonds. The van der Waals surface area contributed by atoms with E-state index in [1.54, 1.807) is 0 Å². The van der Waals surface area contributed by atoms with Crippen molar-refractivity contribution in [3.05, 3.63) is 59.7 Å². The Morgan fingerprint density at radius 3 is 2.42 bits per heavy atom. The molecule has 0 spiro atoms. The normalized spacial score (nSPS) is 12.5. The van der Waals surface area contributed by atoms with Crippen LogP contribution in [0.25, 0.3) is 0 Å². The second-order valence-electron chi connectivity index (χ2n) is 7.54. The Kier molecular flexibility index (Phi) is 8.38. The number of hydrogen-bond donors (Lipinski definition) is 1. The Morgan fingerprint density at radius 2 is 1.81 bits per heavy atom. The van der Waals surface area contributed by atoms with Gasteiger partial charge in [0.15, 0.2) is 11.6 Å². The molecule has 1 N–H and O–H groups in total. The zero-order valence-corrected chi connectivity index (χ0v) is 18.9. The van der Waals surface area contributed by atoms with Crippen LogP contribution in [-0.4, -0.2) is 39.3 Å². The molecule has 2 aromatic rings. The number of nitrogens with one attached hydrogen (secondary N) is 1. The number of carbonyl (C=O) groups is 1. The number of anilines is 1. The highest BCUT2D eigenvalue weighted by atomic mass is 32.2. The molecule has 170 valence electrons. The van der Waals surface area contributed by atoms with Gasteiger partial charge in [-0.2, -0.15) is 0 Å². The molecule has 2 rings (SSSR count). The van der Waals surface area contributed by atoms with Crippen LogP contribution in [0, 0.1) is 11.6 Å². The van der Waals surface area contributed by atoms with E-state index in [1.807, 2.05) is 38.1 Å². The van der Waals surface area contributed by atoms with E-state index in [0.717, 1.165) is 40.1 Å². The van der Waals surface area contributed by atoms with Crippen molar-refractivity contribution in [3.8, 4) is 5.75 Å². The van der Waals surface area contributed by atoms with Crippen LogP contribution >= 0.6 is 0 Å². The third-order valence-corrected chi connectivity index (χ3v) is 5.70. The fourth-order valence-electron chi connectivity index (χ4n) is 3.13. The molecule has 0 fully saturated rings. The number of carbonyl (C=O) groups excluding carboxylic acids is 1. The first-order chi connectivity index (χ1) is 14.5. The summed E-state index contributed by atoms with van der Waals surface area (Å²) in [4.78, 5) is 12.5. The van der Waals surface area contributed by atoms with Crippen LogP contribution in [-0.2, 0) is 21.2 Å². The smallest absolute Gasteiger partial charge is 0.243 e. The summed E-state index contributed by atoms with van der Waals surface area (Å²) in [6, 6.07) is 9.25. The van der Waals surface area contributed by atoms with E-state index in [4.69, 9.17) is 4.74 Å². The van der Waals surface area contributed by atoms with Crippen LogP contribution in [0.15, 0.2) is 42.5 Å². The van der Waals surface area contributed by atoms with Crippen molar-refractivity contribution in [1.82, 2.24) is 5.32 Å². The van der Waals surface area contributed by atoms with Gasteiger partial charge >= 0.3 is 0 Å². The van der Waals surface area contributed by atoms with E-state index in [1.165, 1.54) is 6.92 Å². The number of nitrogens with zero attached hydrogens (tertiary/aromatic N) is 1. The molecular weight excluding hydrogens is 426 g/mol. The maximum Gasteiger partial charge on any atom is 0.243 e. The van der Waals surface area contributed by atoms with E-state index in [-0.39, 0.29) is 11.8 Å². The lowest BCUT2D eigenvalue weighted by Gasteiger charge is -2.28. The largest absolute Gasteiger partial charge is 0.491 e. The van der Waals surface area contributed by atoms with Gasteiger partial charge in [0.25, 0.3) is 0 Å². The van der Waals surface area contributed by atoms with E-state index < -0.39 is 33.6 Å². The monoisotopic (exact) mass is 454 g/mol. The van der Waals surface area contributed by atoms with Crippen molar-refractivity contribution >= 4 is 21.6 Å². The molecule has 9 heteroatoms. The molecule has 0 aliphatic rings. The topological polar surface area (TPSA) is 75.7 Å². The van der Waals surface area contributed by atoms with Gasteiger partial charge < -0.3 is 10.1 Å². The lowest BCUT2D eigenvalue weighted by Crippen LogP contribution is -2.48. The van der Waals surface area contributed by atoms with E-state index in [9.17, 15) is 22.0 Å². The van der Waals surface area contributed by atoms with Gasteiger partial charge in [0.1, 0.15) is 11.8 Å². The quantitative estimate of drug-likeness (QED) is 0.556. The first kappa shape index (κ1) is 24.6. The highest BCUT2D eigenvalue weighted by Gasteiger charge is 2.29. The van der Waals surface area contributed by atoms with Crippen LogP contribution in [0.4, 0.5) is 14.5 Å². The molecule has 2 aromatic carbocycles. The minimum Gasteiger partial charge on any atom is -0.491 e. The first-order valence-corrected chi connectivity index (χ1v) is 11.8. The van der Waals surface area contributed by atoms with Gasteiger partial charge in [-0.15, -0.1) is 0 Å². The highest BCUT2D eigenvalue weighted by molar-refractivity contribution is 7.92. The Morgan fingerprint density at radius 1 is 1.10 bits per heavy atom. The zero-order chi connectivity index (χ0) is 23.2. The van der Waals surface area contributed by atoms with Gasteiger partial charge in [-0.05, 0) is 63.4 Å². The van der Waals surface area contributed by atoms with Gasteiger partial charge in [0.05, 0.1) is 18.0 Å². The van der Waals surface area contributed by atoms with Gasteiger partial charge in [-0.1, -0.05) is 12.1 Å². The van der Waals surface area contributed by atoms with Gasteiger partial charge in [-0.25, -0.2) is 17.2 Å². The zero-order valence-electron chi connectivity index (χ0n) is 18.1. The molecule has 0 aliphatic heterocycles. The van der Waals surface area contributed by atoms with Crippen LogP contribution in [0.2, 0.25) is 0 Å². The lowest BCUT2D eigenvalue weighted by molar-refractivity contribution is -0.121. The summed E-state index contributed by atoms with van der Waals surface area (Å²) in [7, 11) is -3.91. The predicted octanol–water partition coefficient (Wildman–Crippen LogP) is 3.66. The number of amides is 1. The van der Waals surface area contributed by atoms with Crippen molar-refractivity contribution in [2.24, 2.45) is 0 Å². The second-order valence-corrected chi connectivity index (χ2v) is 9.40. The van der Waals surface area contributed by atoms with Crippen LogP contribution in [0.5, 0.6) is 5.75 Å². The summed E-state index contributed by atoms with van der Waals surface area (Å²) >= 11 is 0. The molecule has 0 aliphatic carbocycles. The molecule has 1 atom stereocenters. The fraction of sp³-hybridized carbons (Fsp3) is 0.409. The number of rotatable bonds is 10. The molecule has 0 saturated carbocycles.